The van der Waals surface area contributed by atoms with Gasteiger partial charge >= 0.3 is 0 Å². The van der Waals surface area contributed by atoms with Crippen LogP contribution in [-0.4, -0.2) is 29.8 Å². The summed E-state index contributed by atoms with van der Waals surface area (Å²) in [4.78, 5) is 12.8. The van der Waals surface area contributed by atoms with Crippen molar-refractivity contribution < 1.29 is 18.7 Å². The Morgan fingerprint density at radius 3 is 2.41 bits per heavy atom. The van der Waals surface area contributed by atoms with Gasteiger partial charge in [0, 0.05) is 10.9 Å². The Morgan fingerprint density at radius 1 is 0.882 bits per heavy atom. The number of carbonyl (C=O) groups is 1. The number of furan rings is 1. The van der Waals surface area contributed by atoms with Crippen LogP contribution in [0.5, 0.6) is 11.5 Å². The average Bonchev–Trinajstić information content (AvgIpc) is 3.51. The molecule has 3 aromatic carbocycles. The van der Waals surface area contributed by atoms with E-state index in [4.69, 9.17) is 19.0 Å². The molecule has 0 aliphatic carbocycles. The molecule has 2 aromatic heterocycles. The minimum absolute atomic E-state index is 0.166. The van der Waals surface area contributed by atoms with Gasteiger partial charge in [-0.15, -0.1) is 0 Å². The SMILES string of the molecule is COc1ccc(C(=O)/C=C/c2cc(-c3cc4ccccc4o3)n(-c3ccccc3)n2)cc1OC. The van der Waals surface area contributed by atoms with Gasteiger partial charge in [-0.05, 0) is 60.7 Å². The lowest BCUT2D eigenvalue weighted by Crippen LogP contribution is -1.99. The second kappa shape index (κ2) is 9.11. The summed E-state index contributed by atoms with van der Waals surface area (Å²) in [6, 6.07) is 26.6. The molecular weight excluding hydrogens is 428 g/mol. The quantitative estimate of drug-likeness (QED) is 0.218. The number of hydrogen-bond donors (Lipinski definition) is 0. The predicted octanol–water partition coefficient (Wildman–Crippen LogP) is 6.20. The maximum Gasteiger partial charge on any atom is 0.186 e. The van der Waals surface area contributed by atoms with Crippen LogP contribution in [0, 0.1) is 0 Å². The summed E-state index contributed by atoms with van der Waals surface area (Å²) >= 11 is 0. The van der Waals surface area contributed by atoms with Gasteiger partial charge in [-0.1, -0.05) is 36.4 Å². The van der Waals surface area contributed by atoms with E-state index in [2.05, 4.69) is 0 Å². The van der Waals surface area contributed by atoms with Crippen molar-refractivity contribution in [3.63, 3.8) is 0 Å². The molecule has 6 heteroatoms. The lowest BCUT2D eigenvalue weighted by Gasteiger charge is -2.07. The molecule has 0 atom stereocenters. The van der Waals surface area contributed by atoms with E-state index >= 15 is 0 Å². The van der Waals surface area contributed by atoms with Gasteiger partial charge in [0.25, 0.3) is 0 Å². The third-order valence-corrected chi connectivity index (χ3v) is 5.48. The number of hydrogen-bond acceptors (Lipinski definition) is 5. The molecule has 0 aliphatic heterocycles. The number of nitrogens with zero attached hydrogens (tertiary/aromatic N) is 2. The number of carbonyl (C=O) groups excluding carboxylic acids is 1. The van der Waals surface area contributed by atoms with E-state index in [0.29, 0.717) is 28.5 Å². The van der Waals surface area contributed by atoms with Gasteiger partial charge in [0.2, 0.25) is 0 Å². The molecule has 34 heavy (non-hydrogen) atoms. The zero-order chi connectivity index (χ0) is 23.5. The highest BCUT2D eigenvalue weighted by molar-refractivity contribution is 6.07. The van der Waals surface area contributed by atoms with Gasteiger partial charge in [-0.3, -0.25) is 4.79 Å². The number of methoxy groups -OCH3 is 2. The highest BCUT2D eigenvalue weighted by atomic mass is 16.5. The van der Waals surface area contributed by atoms with Crippen LogP contribution in [0.15, 0.2) is 95.4 Å². The van der Waals surface area contributed by atoms with Crippen LogP contribution < -0.4 is 9.47 Å². The van der Waals surface area contributed by atoms with Crippen LogP contribution in [0.3, 0.4) is 0 Å². The second-order valence-electron chi connectivity index (χ2n) is 7.62. The molecule has 6 nitrogen and oxygen atoms in total. The number of ketones is 1. The maximum absolute atomic E-state index is 12.8. The first-order chi connectivity index (χ1) is 16.7. The van der Waals surface area contributed by atoms with E-state index in [9.17, 15) is 4.79 Å². The van der Waals surface area contributed by atoms with Gasteiger partial charge in [-0.2, -0.15) is 5.10 Å². The Bertz CT molecular complexity index is 1460. The molecule has 5 aromatic rings. The van der Waals surface area contributed by atoms with Crippen molar-refractivity contribution >= 4 is 22.8 Å². The summed E-state index contributed by atoms with van der Waals surface area (Å²) in [7, 11) is 3.10. The van der Waals surface area contributed by atoms with Crippen LogP contribution in [0.2, 0.25) is 0 Å². The average molecular weight is 450 g/mol. The fourth-order valence-corrected chi connectivity index (χ4v) is 3.78. The number of allylic oxidation sites excluding steroid dienone is 1. The van der Waals surface area contributed by atoms with E-state index in [-0.39, 0.29) is 5.78 Å². The molecule has 0 spiro atoms. The Hall–Kier alpha value is -4.58. The van der Waals surface area contributed by atoms with E-state index in [0.717, 1.165) is 22.4 Å². The molecule has 0 amide bonds. The third kappa shape index (κ3) is 4.09. The van der Waals surface area contributed by atoms with Gasteiger partial charge in [0.05, 0.1) is 25.6 Å². The topological polar surface area (TPSA) is 66.5 Å². The molecule has 0 saturated carbocycles. The molecule has 0 unspecified atom stereocenters. The molecule has 2 heterocycles. The lowest BCUT2D eigenvalue weighted by molar-refractivity contribution is 0.104. The summed E-state index contributed by atoms with van der Waals surface area (Å²) < 4.78 is 18.5. The van der Waals surface area contributed by atoms with E-state index < -0.39 is 0 Å². The normalized spacial score (nSPS) is 11.2. The van der Waals surface area contributed by atoms with Crippen molar-refractivity contribution in [3.05, 3.63) is 102 Å². The Morgan fingerprint density at radius 2 is 1.65 bits per heavy atom. The fourth-order valence-electron chi connectivity index (χ4n) is 3.78. The van der Waals surface area contributed by atoms with Crippen molar-refractivity contribution in [1.82, 2.24) is 9.78 Å². The van der Waals surface area contributed by atoms with Crippen LogP contribution in [0.4, 0.5) is 0 Å². The molecule has 0 aliphatic rings. The molecule has 0 fully saturated rings. The molecule has 168 valence electrons. The fraction of sp³-hybridized carbons (Fsp3) is 0.0714. The van der Waals surface area contributed by atoms with Crippen LogP contribution in [0.1, 0.15) is 16.1 Å². The van der Waals surface area contributed by atoms with Gasteiger partial charge in [-0.25, -0.2) is 4.68 Å². The molecule has 5 rings (SSSR count). The number of rotatable bonds is 7. The van der Waals surface area contributed by atoms with E-state index in [1.54, 1.807) is 31.4 Å². The predicted molar refractivity (Wildman–Crippen MR) is 132 cm³/mol. The minimum atomic E-state index is -0.166. The number of aromatic nitrogens is 2. The summed E-state index contributed by atoms with van der Waals surface area (Å²) in [6.45, 7) is 0. The molecule has 0 saturated heterocycles. The highest BCUT2D eigenvalue weighted by Crippen LogP contribution is 2.31. The van der Waals surface area contributed by atoms with E-state index in [1.807, 2.05) is 71.4 Å². The molecule has 0 radical (unpaired) electrons. The standard InChI is InChI=1S/C28H22N2O4/c1-32-26-15-12-19(16-28(26)33-2)24(31)14-13-21-18-23(30(29-21)22-9-4-3-5-10-22)27-17-20-8-6-7-11-25(20)34-27/h3-18H,1-2H3/b14-13+. The minimum Gasteiger partial charge on any atom is -0.493 e. The van der Waals surface area contributed by atoms with Crippen molar-refractivity contribution in [2.24, 2.45) is 0 Å². The van der Waals surface area contributed by atoms with Crippen molar-refractivity contribution in [3.8, 4) is 28.6 Å². The third-order valence-electron chi connectivity index (χ3n) is 5.48. The van der Waals surface area contributed by atoms with Crippen molar-refractivity contribution in [1.29, 1.82) is 0 Å². The second-order valence-corrected chi connectivity index (χ2v) is 7.62. The van der Waals surface area contributed by atoms with Gasteiger partial charge in [0.1, 0.15) is 11.3 Å². The van der Waals surface area contributed by atoms with Crippen LogP contribution in [-0.2, 0) is 0 Å². The first-order valence-corrected chi connectivity index (χ1v) is 10.7. The van der Waals surface area contributed by atoms with Gasteiger partial charge in [0.15, 0.2) is 23.0 Å². The summed E-state index contributed by atoms with van der Waals surface area (Å²) in [6.07, 6.45) is 3.20. The monoisotopic (exact) mass is 450 g/mol. The first kappa shape index (κ1) is 21.3. The Kier molecular flexibility index (Phi) is 5.70. The zero-order valence-corrected chi connectivity index (χ0v) is 18.8. The summed E-state index contributed by atoms with van der Waals surface area (Å²) in [5.74, 6) is 1.60. The summed E-state index contributed by atoms with van der Waals surface area (Å²) in [5, 5.41) is 5.74. The molecule has 0 bridgehead atoms. The van der Waals surface area contributed by atoms with E-state index in [1.165, 1.54) is 13.2 Å². The Balaban J connectivity index is 1.51. The summed E-state index contributed by atoms with van der Waals surface area (Å²) in [5.41, 5.74) is 3.62. The highest BCUT2D eigenvalue weighted by Gasteiger charge is 2.15. The van der Waals surface area contributed by atoms with Crippen LogP contribution in [0.25, 0.3) is 34.2 Å². The molecular formula is C28H22N2O4. The largest absolute Gasteiger partial charge is 0.493 e. The zero-order valence-electron chi connectivity index (χ0n) is 18.8. The van der Waals surface area contributed by atoms with Crippen molar-refractivity contribution in [2.75, 3.05) is 14.2 Å². The molecule has 0 N–H and O–H groups in total. The number of benzene rings is 3. The Labute approximate surface area is 196 Å². The number of para-hydroxylation sites is 2. The van der Waals surface area contributed by atoms with Crippen LogP contribution >= 0.6 is 0 Å². The maximum atomic E-state index is 12.8. The van der Waals surface area contributed by atoms with Crippen molar-refractivity contribution in [2.45, 2.75) is 0 Å². The number of fused-ring (bicyclic) bond motifs is 1. The number of ether oxygens (including phenoxy) is 2. The van der Waals surface area contributed by atoms with Gasteiger partial charge < -0.3 is 13.9 Å². The first-order valence-electron chi connectivity index (χ1n) is 10.7. The lowest BCUT2D eigenvalue weighted by atomic mass is 10.1. The smallest absolute Gasteiger partial charge is 0.186 e.